The summed E-state index contributed by atoms with van der Waals surface area (Å²) in [5, 5.41) is 4.63. The summed E-state index contributed by atoms with van der Waals surface area (Å²) in [6.07, 6.45) is 4.88. The first-order valence-corrected chi connectivity index (χ1v) is 6.64. The van der Waals surface area contributed by atoms with Crippen LogP contribution in [0.4, 0.5) is 5.82 Å². The smallest absolute Gasteiger partial charge is 0.225 e. The van der Waals surface area contributed by atoms with Gasteiger partial charge in [-0.2, -0.15) is 0 Å². The van der Waals surface area contributed by atoms with E-state index < -0.39 is 0 Å². The van der Waals surface area contributed by atoms with Gasteiger partial charge in [-0.3, -0.25) is 0 Å². The molecule has 0 spiro atoms. The van der Waals surface area contributed by atoms with Gasteiger partial charge in [-0.25, -0.2) is 9.97 Å². The number of aromatic nitrogens is 2. The molecule has 1 aliphatic rings. The molecule has 16 heavy (non-hydrogen) atoms. The van der Waals surface area contributed by atoms with Gasteiger partial charge in [0.15, 0.2) is 0 Å². The number of hydrogen-bond acceptors (Lipinski definition) is 4. The molecular formula is C11H12ClN3S. The molecule has 1 N–H and O–H groups in total. The molecule has 0 bridgehead atoms. The van der Waals surface area contributed by atoms with Gasteiger partial charge in [0.2, 0.25) is 5.28 Å². The third-order valence-corrected chi connectivity index (χ3v) is 4.38. The molecule has 0 saturated heterocycles. The fourth-order valence-corrected chi connectivity index (χ4v) is 3.79. The predicted octanol–water partition coefficient (Wildman–Crippen LogP) is 3.27. The number of hydrogen-bond donors (Lipinski definition) is 1. The van der Waals surface area contributed by atoms with Crippen LogP contribution in [0.2, 0.25) is 5.28 Å². The van der Waals surface area contributed by atoms with Crippen molar-refractivity contribution in [3.63, 3.8) is 0 Å². The van der Waals surface area contributed by atoms with Gasteiger partial charge in [0.05, 0.1) is 5.39 Å². The normalized spacial score (nSPS) is 15.1. The van der Waals surface area contributed by atoms with E-state index in [1.54, 1.807) is 11.3 Å². The zero-order valence-electron chi connectivity index (χ0n) is 9.01. The molecule has 2 aromatic rings. The Hall–Kier alpha value is -0.870. The van der Waals surface area contributed by atoms with Gasteiger partial charge in [0, 0.05) is 11.9 Å². The largest absolute Gasteiger partial charge is 0.372 e. The van der Waals surface area contributed by atoms with E-state index in [1.807, 2.05) is 7.05 Å². The lowest BCUT2D eigenvalue weighted by Crippen LogP contribution is -2.01. The van der Waals surface area contributed by atoms with Crippen molar-refractivity contribution < 1.29 is 0 Å². The van der Waals surface area contributed by atoms with Gasteiger partial charge in [0.1, 0.15) is 10.6 Å². The zero-order valence-corrected chi connectivity index (χ0v) is 10.6. The summed E-state index contributed by atoms with van der Waals surface area (Å²) >= 11 is 7.68. The summed E-state index contributed by atoms with van der Waals surface area (Å²) < 4.78 is 0. The molecule has 3 nitrogen and oxygen atoms in total. The van der Waals surface area contributed by atoms with Gasteiger partial charge in [0.25, 0.3) is 0 Å². The SMILES string of the molecule is CNc1nc(Cl)nc2sc3c(c12)CCCC3. The van der Waals surface area contributed by atoms with E-state index in [4.69, 9.17) is 11.6 Å². The first-order chi connectivity index (χ1) is 7.79. The monoisotopic (exact) mass is 253 g/mol. The van der Waals surface area contributed by atoms with Crippen molar-refractivity contribution >= 4 is 39.0 Å². The predicted molar refractivity (Wildman–Crippen MR) is 68.6 cm³/mol. The second-order valence-electron chi connectivity index (χ2n) is 3.98. The lowest BCUT2D eigenvalue weighted by atomic mass is 9.97. The van der Waals surface area contributed by atoms with Crippen LogP contribution >= 0.6 is 22.9 Å². The Balaban J connectivity index is 2.34. The Morgan fingerprint density at radius 3 is 2.88 bits per heavy atom. The maximum absolute atomic E-state index is 5.91. The highest BCUT2D eigenvalue weighted by Gasteiger charge is 2.20. The molecule has 3 rings (SSSR count). The Kier molecular flexibility index (Phi) is 2.48. The van der Waals surface area contributed by atoms with Gasteiger partial charge in [-0.15, -0.1) is 11.3 Å². The summed E-state index contributed by atoms with van der Waals surface area (Å²) in [4.78, 5) is 11.1. The molecule has 84 valence electrons. The number of anilines is 1. The van der Waals surface area contributed by atoms with Crippen LogP contribution in [0, 0.1) is 0 Å². The van der Waals surface area contributed by atoms with Crippen molar-refractivity contribution in [3.8, 4) is 0 Å². The molecule has 0 aliphatic heterocycles. The fraction of sp³-hybridized carbons (Fsp3) is 0.455. The number of nitrogens with one attached hydrogen (secondary N) is 1. The summed E-state index contributed by atoms with van der Waals surface area (Å²) in [6.45, 7) is 0. The van der Waals surface area contributed by atoms with Crippen LogP contribution in [0.3, 0.4) is 0 Å². The minimum absolute atomic E-state index is 0.329. The minimum Gasteiger partial charge on any atom is -0.372 e. The summed E-state index contributed by atoms with van der Waals surface area (Å²) in [5.41, 5.74) is 1.44. The third kappa shape index (κ3) is 1.48. The molecule has 0 atom stereocenters. The molecular weight excluding hydrogens is 242 g/mol. The van der Waals surface area contributed by atoms with Crippen LogP contribution in [0.15, 0.2) is 0 Å². The molecule has 0 aromatic carbocycles. The van der Waals surface area contributed by atoms with E-state index >= 15 is 0 Å². The van der Waals surface area contributed by atoms with Gasteiger partial charge < -0.3 is 5.32 Å². The maximum Gasteiger partial charge on any atom is 0.225 e. The van der Waals surface area contributed by atoms with Crippen molar-refractivity contribution in [2.24, 2.45) is 0 Å². The molecule has 2 aromatic heterocycles. The summed E-state index contributed by atoms with van der Waals surface area (Å²) in [7, 11) is 1.88. The quantitative estimate of drug-likeness (QED) is 0.793. The second-order valence-corrected chi connectivity index (χ2v) is 5.40. The highest BCUT2D eigenvalue weighted by molar-refractivity contribution is 7.19. The van der Waals surface area contributed by atoms with Crippen molar-refractivity contribution in [3.05, 3.63) is 15.7 Å². The van der Waals surface area contributed by atoms with E-state index in [0.717, 1.165) is 17.1 Å². The summed E-state index contributed by atoms with van der Waals surface area (Å²) in [5.74, 6) is 0.870. The molecule has 0 saturated carbocycles. The Bertz CT molecular complexity index is 550. The van der Waals surface area contributed by atoms with Crippen molar-refractivity contribution in [2.45, 2.75) is 25.7 Å². The van der Waals surface area contributed by atoms with Gasteiger partial charge in [-0.05, 0) is 42.8 Å². The van der Waals surface area contributed by atoms with E-state index in [0.29, 0.717) is 5.28 Å². The van der Waals surface area contributed by atoms with Crippen LogP contribution in [0.5, 0.6) is 0 Å². The van der Waals surface area contributed by atoms with E-state index in [-0.39, 0.29) is 0 Å². The van der Waals surface area contributed by atoms with E-state index in [1.165, 1.54) is 35.1 Å². The van der Waals surface area contributed by atoms with Crippen LogP contribution < -0.4 is 5.32 Å². The van der Waals surface area contributed by atoms with Crippen molar-refractivity contribution in [2.75, 3.05) is 12.4 Å². The minimum atomic E-state index is 0.329. The van der Waals surface area contributed by atoms with Crippen molar-refractivity contribution in [1.29, 1.82) is 0 Å². The van der Waals surface area contributed by atoms with Crippen LogP contribution in [-0.2, 0) is 12.8 Å². The highest BCUT2D eigenvalue weighted by atomic mass is 35.5. The first-order valence-electron chi connectivity index (χ1n) is 5.45. The van der Waals surface area contributed by atoms with E-state index in [2.05, 4.69) is 15.3 Å². The number of halogens is 1. The average Bonchev–Trinajstić information content (AvgIpc) is 2.65. The first kappa shape index (κ1) is 10.3. The average molecular weight is 254 g/mol. The zero-order chi connectivity index (χ0) is 11.1. The number of thiophene rings is 1. The summed E-state index contributed by atoms with van der Waals surface area (Å²) in [6, 6.07) is 0. The maximum atomic E-state index is 5.91. The number of nitrogens with zero attached hydrogens (tertiary/aromatic N) is 2. The molecule has 0 amide bonds. The highest BCUT2D eigenvalue weighted by Crippen LogP contribution is 2.38. The second kappa shape index (κ2) is 3.86. The van der Waals surface area contributed by atoms with Gasteiger partial charge in [-0.1, -0.05) is 0 Å². The van der Waals surface area contributed by atoms with Crippen LogP contribution in [0.25, 0.3) is 10.2 Å². The lowest BCUT2D eigenvalue weighted by Gasteiger charge is -2.11. The lowest BCUT2D eigenvalue weighted by molar-refractivity contribution is 0.700. The molecule has 0 fully saturated rings. The number of rotatable bonds is 1. The molecule has 0 unspecified atom stereocenters. The topological polar surface area (TPSA) is 37.8 Å². The van der Waals surface area contributed by atoms with Crippen LogP contribution in [-0.4, -0.2) is 17.0 Å². The Morgan fingerprint density at radius 2 is 2.06 bits per heavy atom. The molecule has 5 heteroatoms. The standard InChI is InChI=1S/C11H12ClN3S/c1-13-9-8-6-4-2-3-5-7(6)16-10(8)15-11(12)14-9/h2-5H2,1H3,(H,13,14,15). The molecule has 0 radical (unpaired) electrons. The fourth-order valence-electron chi connectivity index (χ4n) is 2.31. The van der Waals surface area contributed by atoms with Crippen LogP contribution in [0.1, 0.15) is 23.3 Å². The molecule has 1 aliphatic carbocycles. The number of aryl methyl sites for hydroxylation is 2. The molecule has 2 heterocycles. The Labute approximate surface area is 103 Å². The Morgan fingerprint density at radius 1 is 1.25 bits per heavy atom. The van der Waals surface area contributed by atoms with Gasteiger partial charge >= 0.3 is 0 Å². The number of fused-ring (bicyclic) bond motifs is 3. The van der Waals surface area contributed by atoms with E-state index in [9.17, 15) is 0 Å². The van der Waals surface area contributed by atoms with Crippen molar-refractivity contribution in [1.82, 2.24) is 9.97 Å². The third-order valence-electron chi connectivity index (χ3n) is 3.02.